The Hall–Kier alpha value is -3.90. The molecule has 0 spiro atoms. The van der Waals surface area contributed by atoms with E-state index in [-0.39, 0.29) is 16.8 Å². The van der Waals surface area contributed by atoms with Crippen molar-refractivity contribution in [2.45, 2.75) is 31.9 Å². The molecule has 0 aliphatic heterocycles. The lowest BCUT2D eigenvalue weighted by Gasteiger charge is -2.10. The average Bonchev–Trinajstić information content (AvgIpc) is 3.20. The second-order valence-corrected chi connectivity index (χ2v) is 9.23. The molecule has 5 rings (SSSR count). The van der Waals surface area contributed by atoms with Gasteiger partial charge in [0.25, 0.3) is 5.91 Å². The first-order chi connectivity index (χ1) is 16.8. The molecule has 0 atom stereocenters. The van der Waals surface area contributed by atoms with E-state index in [0.717, 1.165) is 48.3 Å². The minimum Gasteiger partial charge on any atom is -0.437 e. The van der Waals surface area contributed by atoms with Gasteiger partial charge in [-0.3, -0.25) is 4.79 Å². The van der Waals surface area contributed by atoms with Crippen LogP contribution in [0, 0.1) is 11.3 Å². The molecule has 0 bridgehead atoms. The van der Waals surface area contributed by atoms with Crippen LogP contribution in [0.25, 0.3) is 11.0 Å². The fourth-order valence-corrected chi connectivity index (χ4v) is 5.33. The van der Waals surface area contributed by atoms with Gasteiger partial charge >= 0.3 is 6.18 Å². The normalized spacial score (nSPS) is 13.9. The van der Waals surface area contributed by atoms with Crippen LogP contribution < -0.4 is 10.9 Å². The van der Waals surface area contributed by atoms with Gasteiger partial charge in [-0.15, -0.1) is 11.3 Å². The number of aryl methyl sites for hydroxylation is 1. The van der Waals surface area contributed by atoms with Crippen molar-refractivity contribution in [3.63, 3.8) is 0 Å². The molecule has 0 radical (unpaired) electrons. The number of hydrogen-bond acceptors (Lipinski definition) is 5. The smallest absolute Gasteiger partial charge is 0.416 e. The Kier molecular flexibility index (Phi) is 5.91. The number of thiophene rings is 1. The summed E-state index contributed by atoms with van der Waals surface area (Å²) in [6, 6.07) is 15.3. The number of carbonyl (C=O) groups excluding carboxylic acids is 1. The molecule has 1 amide bonds. The van der Waals surface area contributed by atoms with E-state index in [1.54, 1.807) is 30.3 Å². The van der Waals surface area contributed by atoms with E-state index in [9.17, 15) is 23.2 Å². The van der Waals surface area contributed by atoms with Gasteiger partial charge in [-0.1, -0.05) is 24.3 Å². The number of benzene rings is 2. The highest BCUT2D eigenvalue weighted by atomic mass is 32.1. The summed E-state index contributed by atoms with van der Waals surface area (Å²) < 4.78 is 45.3. The predicted molar refractivity (Wildman–Crippen MR) is 127 cm³/mol. The van der Waals surface area contributed by atoms with Gasteiger partial charge in [0.2, 0.25) is 5.55 Å². The number of carbonyl (C=O) groups is 1. The van der Waals surface area contributed by atoms with Gasteiger partial charge in [0.15, 0.2) is 0 Å². The number of anilines is 1. The molecule has 2 heterocycles. The third kappa shape index (κ3) is 4.57. The summed E-state index contributed by atoms with van der Waals surface area (Å²) in [4.78, 5) is 18.9. The van der Waals surface area contributed by atoms with Crippen molar-refractivity contribution in [3.8, 4) is 6.07 Å². The number of nitrogens with zero attached hydrogens (tertiary/aromatic N) is 2. The van der Waals surface area contributed by atoms with E-state index in [1.165, 1.54) is 23.5 Å². The van der Waals surface area contributed by atoms with Gasteiger partial charge < -0.3 is 9.73 Å². The Morgan fingerprint density at radius 1 is 1.09 bits per heavy atom. The van der Waals surface area contributed by atoms with Crippen molar-refractivity contribution in [3.05, 3.63) is 87.3 Å². The first kappa shape index (κ1) is 22.9. The highest BCUT2D eigenvalue weighted by Crippen LogP contribution is 2.39. The van der Waals surface area contributed by atoms with Crippen LogP contribution in [-0.2, 0) is 19.0 Å². The van der Waals surface area contributed by atoms with Crippen molar-refractivity contribution < 1.29 is 22.4 Å². The third-order valence-corrected chi connectivity index (χ3v) is 7.00. The molecule has 1 N–H and O–H groups in total. The third-order valence-electron chi connectivity index (χ3n) is 5.82. The molecule has 2 aromatic heterocycles. The van der Waals surface area contributed by atoms with Crippen molar-refractivity contribution in [2.75, 3.05) is 5.32 Å². The average molecular weight is 494 g/mol. The second-order valence-electron chi connectivity index (χ2n) is 8.15. The van der Waals surface area contributed by atoms with Crippen LogP contribution >= 0.6 is 11.3 Å². The van der Waals surface area contributed by atoms with Crippen LogP contribution in [-0.4, -0.2) is 5.91 Å². The quantitative estimate of drug-likeness (QED) is 0.343. The van der Waals surface area contributed by atoms with Gasteiger partial charge in [-0.25, -0.2) is 4.99 Å². The minimum atomic E-state index is -4.54. The SMILES string of the molecule is N#Cc1c(N=c2oc3ccccc3cc2C(=O)Nc2cccc(C(F)(F)F)c2)sc2c1CCCC2. The van der Waals surface area contributed by atoms with E-state index >= 15 is 0 Å². The maximum absolute atomic E-state index is 13.2. The monoisotopic (exact) mass is 493 g/mol. The summed E-state index contributed by atoms with van der Waals surface area (Å²) in [5.41, 5.74) is 1.14. The molecule has 0 fully saturated rings. The van der Waals surface area contributed by atoms with Gasteiger partial charge in [-0.05, 0) is 61.6 Å². The van der Waals surface area contributed by atoms with E-state index in [2.05, 4.69) is 16.4 Å². The van der Waals surface area contributed by atoms with Crippen molar-refractivity contribution in [2.24, 2.45) is 4.99 Å². The van der Waals surface area contributed by atoms with Gasteiger partial charge in [-0.2, -0.15) is 18.4 Å². The van der Waals surface area contributed by atoms with Gasteiger partial charge in [0, 0.05) is 16.0 Å². The fourth-order valence-electron chi connectivity index (χ4n) is 4.12. The van der Waals surface area contributed by atoms with E-state index < -0.39 is 17.6 Å². The van der Waals surface area contributed by atoms with Gasteiger partial charge in [0.1, 0.15) is 22.2 Å². The molecular formula is C26H18F3N3O2S. The van der Waals surface area contributed by atoms with E-state index in [1.807, 2.05) is 0 Å². The first-order valence-electron chi connectivity index (χ1n) is 10.9. The fraction of sp³-hybridized carbons (Fsp3) is 0.192. The summed E-state index contributed by atoms with van der Waals surface area (Å²) in [6.07, 6.45) is -0.804. The number of rotatable bonds is 3. The number of para-hydroxylation sites is 1. The summed E-state index contributed by atoms with van der Waals surface area (Å²) in [6.45, 7) is 0. The lowest BCUT2D eigenvalue weighted by molar-refractivity contribution is -0.137. The summed E-state index contributed by atoms with van der Waals surface area (Å²) >= 11 is 1.41. The number of nitriles is 1. The Morgan fingerprint density at radius 2 is 1.89 bits per heavy atom. The van der Waals surface area contributed by atoms with Crippen LogP contribution in [0.1, 0.15) is 44.8 Å². The predicted octanol–water partition coefficient (Wildman–Crippen LogP) is 6.75. The Morgan fingerprint density at radius 3 is 2.69 bits per heavy atom. The van der Waals surface area contributed by atoms with Crippen molar-refractivity contribution in [1.29, 1.82) is 5.26 Å². The molecular weight excluding hydrogens is 475 g/mol. The summed E-state index contributed by atoms with van der Waals surface area (Å²) in [5, 5.41) is 13.4. The topological polar surface area (TPSA) is 78.4 Å². The van der Waals surface area contributed by atoms with E-state index in [0.29, 0.717) is 21.5 Å². The second kappa shape index (κ2) is 9.04. The van der Waals surface area contributed by atoms with Crippen molar-refractivity contribution >= 4 is 38.9 Å². The van der Waals surface area contributed by atoms with Crippen LogP contribution in [0.3, 0.4) is 0 Å². The van der Waals surface area contributed by atoms with Crippen LogP contribution in [0.5, 0.6) is 0 Å². The summed E-state index contributed by atoms with van der Waals surface area (Å²) in [5.74, 6) is -0.669. The van der Waals surface area contributed by atoms with Crippen LogP contribution in [0.2, 0.25) is 0 Å². The standard InChI is InChI=1S/C26H18F3N3O2S/c27-26(28,29)16-7-5-8-17(13-16)31-23(33)19-12-15-6-1-3-10-21(15)34-24(19)32-25-20(14-30)18-9-2-4-11-22(18)35-25/h1,3,5-8,10,12-13H,2,4,9,11H2,(H,31,33). The number of halogens is 3. The number of hydrogen-bond donors (Lipinski definition) is 1. The Balaban J connectivity index is 1.62. The molecule has 2 aromatic carbocycles. The zero-order valence-corrected chi connectivity index (χ0v) is 19.1. The highest BCUT2D eigenvalue weighted by molar-refractivity contribution is 7.16. The van der Waals surface area contributed by atoms with E-state index in [4.69, 9.17) is 4.42 Å². The number of nitrogens with one attached hydrogen (secondary N) is 1. The largest absolute Gasteiger partial charge is 0.437 e. The molecule has 0 saturated carbocycles. The maximum atomic E-state index is 13.2. The lowest BCUT2D eigenvalue weighted by Crippen LogP contribution is -2.22. The molecule has 176 valence electrons. The molecule has 4 aromatic rings. The highest BCUT2D eigenvalue weighted by Gasteiger charge is 2.30. The number of alkyl halides is 3. The number of fused-ring (bicyclic) bond motifs is 2. The van der Waals surface area contributed by atoms with Crippen molar-refractivity contribution in [1.82, 2.24) is 0 Å². The molecule has 0 saturated heterocycles. The zero-order valence-electron chi connectivity index (χ0n) is 18.3. The maximum Gasteiger partial charge on any atom is 0.416 e. The molecule has 1 aliphatic carbocycles. The zero-order chi connectivity index (χ0) is 24.6. The lowest BCUT2D eigenvalue weighted by atomic mass is 9.96. The van der Waals surface area contributed by atoms with Crippen LogP contribution in [0.4, 0.5) is 23.9 Å². The van der Waals surface area contributed by atoms with Crippen LogP contribution in [0.15, 0.2) is 64.0 Å². The molecule has 5 nitrogen and oxygen atoms in total. The number of amides is 1. The molecule has 0 unspecified atom stereocenters. The molecule has 35 heavy (non-hydrogen) atoms. The minimum absolute atomic E-state index is 0.00626. The van der Waals surface area contributed by atoms with Gasteiger partial charge in [0.05, 0.1) is 11.1 Å². The Bertz CT molecular complexity index is 1560. The first-order valence-corrected chi connectivity index (χ1v) is 11.8. The molecule has 1 aliphatic rings. The Labute approximate surface area is 202 Å². The summed E-state index contributed by atoms with van der Waals surface area (Å²) in [7, 11) is 0. The molecule has 9 heteroatoms.